The van der Waals surface area contributed by atoms with Crippen molar-refractivity contribution < 1.29 is 4.42 Å². The second-order valence-electron chi connectivity index (χ2n) is 5.43. The van der Waals surface area contributed by atoms with Crippen LogP contribution >= 0.6 is 12.2 Å². The molecular formula is C16H20N2OS. The molecule has 4 heteroatoms. The van der Waals surface area contributed by atoms with Gasteiger partial charge in [-0.25, -0.2) is 0 Å². The number of furan rings is 1. The SMILES string of the molecule is CCc1oc2ccccc2c1CN(C)C(=S)NC1CC1. The molecule has 1 N–H and O–H groups in total. The van der Waals surface area contributed by atoms with E-state index in [0.717, 1.165) is 29.4 Å². The topological polar surface area (TPSA) is 28.4 Å². The third-order valence-electron chi connectivity index (χ3n) is 3.75. The molecule has 1 aromatic carbocycles. The van der Waals surface area contributed by atoms with Gasteiger partial charge in [-0.05, 0) is 31.1 Å². The Labute approximate surface area is 124 Å². The van der Waals surface area contributed by atoms with Gasteiger partial charge in [-0.15, -0.1) is 0 Å². The number of hydrogen-bond acceptors (Lipinski definition) is 2. The second-order valence-corrected chi connectivity index (χ2v) is 5.82. The van der Waals surface area contributed by atoms with Gasteiger partial charge in [0.1, 0.15) is 11.3 Å². The summed E-state index contributed by atoms with van der Waals surface area (Å²) in [5.74, 6) is 1.06. The van der Waals surface area contributed by atoms with Gasteiger partial charge in [-0.1, -0.05) is 25.1 Å². The Morgan fingerprint density at radius 1 is 1.40 bits per heavy atom. The van der Waals surface area contributed by atoms with Crippen LogP contribution in [0.25, 0.3) is 11.0 Å². The molecule has 0 saturated heterocycles. The van der Waals surface area contributed by atoms with Crippen molar-refractivity contribution in [1.82, 2.24) is 10.2 Å². The lowest BCUT2D eigenvalue weighted by molar-refractivity contribution is 0.473. The van der Waals surface area contributed by atoms with Crippen LogP contribution in [0.5, 0.6) is 0 Å². The van der Waals surface area contributed by atoms with E-state index in [2.05, 4.69) is 29.3 Å². The third kappa shape index (κ3) is 2.66. The first kappa shape index (κ1) is 13.4. The predicted octanol–water partition coefficient (Wildman–Crippen LogP) is 3.46. The summed E-state index contributed by atoms with van der Waals surface area (Å²) in [4.78, 5) is 2.10. The summed E-state index contributed by atoms with van der Waals surface area (Å²) < 4.78 is 5.93. The number of fused-ring (bicyclic) bond motifs is 1. The number of benzene rings is 1. The summed E-state index contributed by atoms with van der Waals surface area (Å²) in [6, 6.07) is 8.81. The van der Waals surface area contributed by atoms with Crippen molar-refractivity contribution in [2.45, 2.75) is 38.8 Å². The molecule has 106 valence electrons. The van der Waals surface area contributed by atoms with Crippen LogP contribution in [-0.4, -0.2) is 23.1 Å². The Morgan fingerprint density at radius 3 is 2.85 bits per heavy atom. The lowest BCUT2D eigenvalue weighted by Gasteiger charge is -2.21. The molecule has 2 aromatic rings. The lowest BCUT2D eigenvalue weighted by atomic mass is 10.1. The molecule has 0 spiro atoms. The van der Waals surface area contributed by atoms with E-state index in [1.807, 2.05) is 19.2 Å². The predicted molar refractivity (Wildman–Crippen MR) is 85.8 cm³/mol. The van der Waals surface area contributed by atoms with E-state index < -0.39 is 0 Å². The van der Waals surface area contributed by atoms with Crippen molar-refractivity contribution in [3.8, 4) is 0 Å². The Balaban J connectivity index is 1.83. The number of aryl methyl sites for hydroxylation is 1. The maximum absolute atomic E-state index is 5.93. The summed E-state index contributed by atoms with van der Waals surface area (Å²) in [5, 5.41) is 5.41. The van der Waals surface area contributed by atoms with Crippen LogP contribution in [0.15, 0.2) is 28.7 Å². The number of nitrogens with one attached hydrogen (secondary N) is 1. The maximum atomic E-state index is 5.93. The third-order valence-corrected chi connectivity index (χ3v) is 4.18. The summed E-state index contributed by atoms with van der Waals surface area (Å²) >= 11 is 5.45. The highest BCUT2D eigenvalue weighted by molar-refractivity contribution is 7.80. The zero-order valence-corrected chi connectivity index (χ0v) is 12.8. The van der Waals surface area contributed by atoms with E-state index in [4.69, 9.17) is 16.6 Å². The average molecular weight is 288 g/mol. The minimum absolute atomic E-state index is 0.594. The molecule has 0 atom stereocenters. The largest absolute Gasteiger partial charge is 0.461 e. The van der Waals surface area contributed by atoms with Crippen LogP contribution in [0.3, 0.4) is 0 Å². The highest BCUT2D eigenvalue weighted by Gasteiger charge is 2.23. The molecule has 20 heavy (non-hydrogen) atoms. The molecule has 0 bridgehead atoms. The Bertz CT molecular complexity index is 630. The van der Waals surface area contributed by atoms with Crippen LogP contribution in [0.2, 0.25) is 0 Å². The number of hydrogen-bond donors (Lipinski definition) is 1. The number of thiocarbonyl (C=S) groups is 1. The maximum Gasteiger partial charge on any atom is 0.169 e. The normalized spacial score (nSPS) is 14.5. The minimum atomic E-state index is 0.594. The zero-order valence-electron chi connectivity index (χ0n) is 12.0. The van der Waals surface area contributed by atoms with Crippen molar-refractivity contribution in [2.24, 2.45) is 0 Å². The Kier molecular flexibility index (Phi) is 3.66. The van der Waals surface area contributed by atoms with Gasteiger partial charge in [-0.2, -0.15) is 0 Å². The molecule has 0 amide bonds. The fourth-order valence-corrected chi connectivity index (χ4v) is 2.66. The quantitative estimate of drug-likeness (QED) is 0.872. The Morgan fingerprint density at radius 2 is 2.15 bits per heavy atom. The summed E-state index contributed by atoms with van der Waals surface area (Å²) in [5.41, 5.74) is 2.22. The second kappa shape index (κ2) is 5.44. The van der Waals surface area contributed by atoms with Gasteiger partial charge in [0.05, 0.1) is 0 Å². The number of nitrogens with zero attached hydrogens (tertiary/aromatic N) is 1. The van der Waals surface area contributed by atoms with E-state index in [1.165, 1.54) is 23.8 Å². The standard InChI is InChI=1S/C16H20N2OS/c1-3-14-13(12-6-4-5-7-15(12)19-14)10-18(2)16(20)17-11-8-9-11/h4-7,11H,3,8-10H2,1-2H3,(H,17,20). The van der Waals surface area contributed by atoms with Gasteiger partial charge in [0, 0.05) is 37.0 Å². The van der Waals surface area contributed by atoms with Gasteiger partial charge >= 0.3 is 0 Å². The summed E-state index contributed by atoms with van der Waals surface area (Å²) in [6.07, 6.45) is 3.38. The van der Waals surface area contributed by atoms with E-state index in [9.17, 15) is 0 Å². The molecule has 1 heterocycles. The first-order valence-electron chi connectivity index (χ1n) is 7.20. The lowest BCUT2D eigenvalue weighted by Crippen LogP contribution is -2.37. The smallest absolute Gasteiger partial charge is 0.169 e. The minimum Gasteiger partial charge on any atom is -0.461 e. The van der Waals surface area contributed by atoms with Crippen molar-refractivity contribution >= 4 is 28.3 Å². The molecule has 0 radical (unpaired) electrons. The van der Waals surface area contributed by atoms with Gasteiger partial charge < -0.3 is 14.6 Å². The highest BCUT2D eigenvalue weighted by atomic mass is 32.1. The van der Waals surface area contributed by atoms with Crippen LogP contribution in [0.1, 0.15) is 31.1 Å². The molecule has 1 aromatic heterocycles. The molecule has 1 aliphatic carbocycles. The van der Waals surface area contributed by atoms with Gasteiger partial charge in [0.2, 0.25) is 0 Å². The van der Waals surface area contributed by atoms with E-state index >= 15 is 0 Å². The first-order chi connectivity index (χ1) is 9.69. The van der Waals surface area contributed by atoms with Crippen molar-refractivity contribution in [2.75, 3.05) is 7.05 Å². The summed E-state index contributed by atoms with van der Waals surface area (Å²) in [7, 11) is 2.04. The fourth-order valence-electron chi connectivity index (χ4n) is 2.43. The number of para-hydroxylation sites is 1. The van der Waals surface area contributed by atoms with E-state index in [1.54, 1.807) is 0 Å². The number of rotatable bonds is 4. The fraction of sp³-hybridized carbons (Fsp3) is 0.438. The molecule has 1 fully saturated rings. The zero-order chi connectivity index (χ0) is 14.1. The van der Waals surface area contributed by atoms with Gasteiger partial charge in [0.15, 0.2) is 5.11 Å². The van der Waals surface area contributed by atoms with Crippen LogP contribution in [-0.2, 0) is 13.0 Å². The average Bonchev–Trinajstić information content (AvgIpc) is 3.20. The Hall–Kier alpha value is -1.55. The summed E-state index contributed by atoms with van der Waals surface area (Å²) in [6.45, 7) is 2.92. The van der Waals surface area contributed by atoms with Gasteiger partial charge in [-0.3, -0.25) is 0 Å². The first-order valence-corrected chi connectivity index (χ1v) is 7.60. The molecule has 0 aliphatic heterocycles. The van der Waals surface area contributed by atoms with E-state index in [0.29, 0.717) is 6.04 Å². The van der Waals surface area contributed by atoms with Gasteiger partial charge in [0.25, 0.3) is 0 Å². The van der Waals surface area contributed by atoms with Crippen molar-refractivity contribution in [3.63, 3.8) is 0 Å². The molecule has 1 saturated carbocycles. The molecule has 0 unspecified atom stereocenters. The van der Waals surface area contributed by atoms with Crippen LogP contribution < -0.4 is 5.32 Å². The molecular weight excluding hydrogens is 268 g/mol. The molecule has 3 nitrogen and oxygen atoms in total. The van der Waals surface area contributed by atoms with Crippen LogP contribution in [0, 0.1) is 0 Å². The van der Waals surface area contributed by atoms with E-state index in [-0.39, 0.29) is 0 Å². The molecule has 3 rings (SSSR count). The van der Waals surface area contributed by atoms with Crippen molar-refractivity contribution in [1.29, 1.82) is 0 Å². The van der Waals surface area contributed by atoms with Crippen molar-refractivity contribution in [3.05, 3.63) is 35.6 Å². The monoisotopic (exact) mass is 288 g/mol. The van der Waals surface area contributed by atoms with Crippen LogP contribution in [0.4, 0.5) is 0 Å². The molecule has 1 aliphatic rings. The highest BCUT2D eigenvalue weighted by Crippen LogP contribution is 2.27.